The minimum atomic E-state index is -3.72. The van der Waals surface area contributed by atoms with Crippen molar-refractivity contribution in [3.05, 3.63) is 28.8 Å². The molecule has 0 bridgehead atoms. The zero-order chi connectivity index (χ0) is 17.9. The highest BCUT2D eigenvalue weighted by Crippen LogP contribution is 2.29. The first-order valence-corrected chi connectivity index (χ1v) is 9.28. The molecule has 0 aliphatic rings. The summed E-state index contributed by atoms with van der Waals surface area (Å²) in [6.45, 7) is 3.77. The van der Waals surface area contributed by atoms with Gasteiger partial charge in [-0.15, -0.1) is 5.10 Å². The second-order valence-corrected chi connectivity index (χ2v) is 7.90. The number of carbonyl (C=O) groups excluding carboxylic acids is 1. The first-order chi connectivity index (χ1) is 11.3. The summed E-state index contributed by atoms with van der Waals surface area (Å²) in [6.07, 6.45) is 0. The van der Waals surface area contributed by atoms with Crippen molar-refractivity contribution in [2.24, 2.45) is 0 Å². The van der Waals surface area contributed by atoms with E-state index < -0.39 is 10.0 Å². The number of rotatable bonds is 6. The van der Waals surface area contributed by atoms with Gasteiger partial charge in [-0.05, 0) is 43.6 Å². The first kappa shape index (κ1) is 18.3. The Morgan fingerprint density at radius 3 is 2.62 bits per heavy atom. The molecule has 1 N–H and O–H groups in total. The molecule has 1 aromatic carbocycles. The smallest absolute Gasteiger partial charge is 0.269 e. The second kappa shape index (κ2) is 7.24. The summed E-state index contributed by atoms with van der Waals surface area (Å²) in [7, 11) is -0.849. The molecule has 1 heterocycles. The average Bonchev–Trinajstić information content (AvgIpc) is 2.95. The van der Waals surface area contributed by atoms with E-state index in [-0.39, 0.29) is 16.6 Å². The Morgan fingerprint density at radius 1 is 1.38 bits per heavy atom. The third-order valence-corrected chi connectivity index (χ3v) is 5.78. The molecular formula is C14H18N4O4S2. The van der Waals surface area contributed by atoms with Gasteiger partial charge in [-0.3, -0.25) is 4.79 Å². The van der Waals surface area contributed by atoms with E-state index in [4.69, 9.17) is 4.74 Å². The molecule has 0 unspecified atom stereocenters. The summed E-state index contributed by atoms with van der Waals surface area (Å²) in [6, 6.07) is 4.48. The molecule has 0 saturated carbocycles. The summed E-state index contributed by atoms with van der Waals surface area (Å²) >= 11 is 0.978. The molecule has 0 fully saturated rings. The topological polar surface area (TPSA) is 101 Å². The first-order valence-electron chi connectivity index (χ1n) is 7.07. The predicted octanol–water partition coefficient (Wildman–Crippen LogP) is 1.75. The van der Waals surface area contributed by atoms with Crippen LogP contribution in [-0.4, -0.2) is 48.9 Å². The summed E-state index contributed by atoms with van der Waals surface area (Å²) in [4.78, 5) is 12.6. The van der Waals surface area contributed by atoms with Gasteiger partial charge in [0.25, 0.3) is 5.91 Å². The number of hydrogen-bond acceptors (Lipinski definition) is 7. The third kappa shape index (κ3) is 3.71. The van der Waals surface area contributed by atoms with Gasteiger partial charge in [0, 0.05) is 19.8 Å². The zero-order valence-electron chi connectivity index (χ0n) is 13.7. The normalized spacial score (nSPS) is 11.5. The molecule has 0 atom stereocenters. The van der Waals surface area contributed by atoms with E-state index in [1.807, 2.05) is 0 Å². The summed E-state index contributed by atoms with van der Waals surface area (Å²) in [5, 5.41) is 6.44. The average molecular weight is 370 g/mol. The maximum atomic E-state index is 12.5. The minimum absolute atomic E-state index is 0.00805. The highest BCUT2D eigenvalue weighted by atomic mass is 32.2. The lowest BCUT2D eigenvalue weighted by molar-refractivity contribution is 0.102. The van der Waals surface area contributed by atoms with Crippen LogP contribution >= 0.6 is 11.5 Å². The number of amides is 1. The van der Waals surface area contributed by atoms with Gasteiger partial charge in [0.05, 0.1) is 12.3 Å². The molecule has 1 amide bonds. The monoisotopic (exact) mass is 370 g/mol. The largest absolute Gasteiger partial charge is 0.492 e. The van der Waals surface area contributed by atoms with Crippen molar-refractivity contribution >= 4 is 33.2 Å². The lowest BCUT2D eigenvalue weighted by atomic mass is 10.3. The molecule has 8 nitrogen and oxygen atoms in total. The Bertz CT molecular complexity index is 846. The van der Waals surface area contributed by atoms with Gasteiger partial charge in [0.15, 0.2) is 0 Å². The van der Waals surface area contributed by atoms with Crippen LogP contribution in [0.1, 0.15) is 22.3 Å². The second-order valence-electron chi connectivity index (χ2n) is 5.02. The van der Waals surface area contributed by atoms with E-state index >= 15 is 0 Å². The number of benzene rings is 1. The van der Waals surface area contributed by atoms with Crippen molar-refractivity contribution in [2.75, 3.05) is 26.0 Å². The van der Waals surface area contributed by atoms with Gasteiger partial charge >= 0.3 is 0 Å². The Hall–Kier alpha value is -2.04. The van der Waals surface area contributed by atoms with Crippen molar-refractivity contribution in [1.82, 2.24) is 13.9 Å². The van der Waals surface area contributed by atoms with E-state index in [1.54, 1.807) is 19.9 Å². The van der Waals surface area contributed by atoms with Crippen LogP contribution in [-0.2, 0) is 10.0 Å². The van der Waals surface area contributed by atoms with E-state index in [1.165, 1.54) is 26.2 Å². The quantitative estimate of drug-likeness (QED) is 0.831. The van der Waals surface area contributed by atoms with Crippen molar-refractivity contribution < 1.29 is 17.9 Å². The van der Waals surface area contributed by atoms with Crippen LogP contribution in [0.2, 0.25) is 0 Å². The van der Waals surface area contributed by atoms with E-state index in [2.05, 4.69) is 14.9 Å². The molecule has 0 aliphatic carbocycles. The number of hydrogen-bond donors (Lipinski definition) is 1. The Kier molecular flexibility index (Phi) is 5.52. The van der Waals surface area contributed by atoms with Gasteiger partial charge in [-0.25, -0.2) is 12.7 Å². The molecule has 0 spiro atoms. The standard InChI is InChI=1S/C14H18N4O4S2/c1-5-22-11-7-6-10(8-12(11)24(20,21)18(3)4)15-14(19)13-9(2)16-17-23-13/h6-8H,5H2,1-4H3,(H,15,19). The van der Waals surface area contributed by atoms with Crippen molar-refractivity contribution in [2.45, 2.75) is 18.7 Å². The molecule has 2 rings (SSSR count). The van der Waals surface area contributed by atoms with Crippen LogP contribution in [0.15, 0.2) is 23.1 Å². The van der Waals surface area contributed by atoms with E-state index in [0.29, 0.717) is 22.9 Å². The van der Waals surface area contributed by atoms with Gasteiger partial charge in [-0.1, -0.05) is 4.49 Å². The summed E-state index contributed by atoms with van der Waals surface area (Å²) in [5.41, 5.74) is 0.862. The molecule has 2 aromatic rings. The van der Waals surface area contributed by atoms with Gasteiger partial charge in [0.1, 0.15) is 15.5 Å². The Labute approximate surface area is 144 Å². The minimum Gasteiger partial charge on any atom is -0.492 e. The molecule has 10 heteroatoms. The number of ether oxygens (including phenoxy) is 1. The van der Waals surface area contributed by atoms with E-state index in [9.17, 15) is 13.2 Å². The number of nitrogens with zero attached hydrogens (tertiary/aromatic N) is 3. The van der Waals surface area contributed by atoms with Gasteiger partial charge in [-0.2, -0.15) is 0 Å². The number of anilines is 1. The summed E-state index contributed by atoms with van der Waals surface area (Å²) < 4.78 is 35.1. The van der Waals surface area contributed by atoms with Gasteiger partial charge in [0.2, 0.25) is 10.0 Å². The Morgan fingerprint density at radius 2 is 2.08 bits per heavy atom. The highest BCUT2D eigenvalue weighted by Gasteiger charge is 2.23. The van der Waals surface area contributed by atoms with Crippen LogP contribution in [0.5, 0.6) is 5.75 Å². The highest BCUT2D eigenvalue weighted by molar-refractivity contribution is 7.89. The zero-order valence-corrected chi connectivity index (χ0v) is 15.4. The predicted molar refractivity (Wildman–Crippen MR) is 91.1 cm³/mol. The number of sulfonamides is 1. The fourth-order valence-corrected chi connectivity index (χ4v) is 3.49. The third-order valence-electron chi connectivity index (χ3n) is 3.12. The molecular weight excluding hydrogens is 352 g/mol. The van der Waals surface area contributed by atoms with E-state index in [0.717, 1.165) is 15.8 Å². The lowest BCUT2D eigenvalue weighted by Gasteiger charge is -2.16. The van der Waals surface area contributed by atoms with Crippen molar-refractivity contribution in [3.63, 3.8) is 0 Å². The maximum Gasteiger partial charge on any atom is 0.269 e. The molecule has 0 aliphatic heterocycles. The van der Waals surface area contributed by atoms with Crippen LogP contribution in [0.4, 0.5) is 5.69 Å². The van der Waals surface area contributed by atoms with Crippen molar-refractivity contribution in [1.29, 1.82) is 0 Å². The number of carbonyl (C=O) groups is 1. The SMILES string of the molecule is CCOc1ccc(NC(=O)c2snnc2C)cc1S(=O)(=O)N(C)C. The lowest BCUT2D eigenvalue weighted by Crippen LogP contribution is -2.23. The molecule has 0 saturated heterocycles. The summed E-state index contributed by atoms with van der Waals surface area (Å²) in [5.74, 6) is -0.153. The van der Waals surface area contributed by atoms with Crippen LogP contribution in [0, 0.1) is 6.92 Å². The fraction of sp³-hybridized carbons (Fsp3) is 0.357. The van der Waals surface area contributed by atoms with Crippen molar-refractivity contribution in [3.8, 4) is 5.75 Å². The molecule has 0 radical (unpaired) electrons. The maximum absolute atomic E-state index is 12.5. The Balaban J connectivity index is 2.39. The van der Waals surface area contributed by atoms with Crippen LogP contribution < -0.4 is 10.1 Å². The number of aromatic nitrogens is 2. The molecule has 1 aromatic heterocycles. The molecule has 130 valence electrons. The van der Waals surface area contributed by atoms with Gasteiger partial charge < -0.3 is 10.1 Å². The number of nitrogens with one attached hydrogen (secondary N) is 1. The molecule has 24 heavy (non-hydrogen) atoms. The van der Waals surface area contributed by atoms with Crippen LogP contribution in [0.25, 0.3) is 0 Å². The fourth-order valence-electron chi connectivity index (χ4n) is 1.89. The number of aryl methyl sites for hydroxylation is 1. The van der Waals surface area contributed by atoms with Crippen LogP contribution in [0.3, 0.4) is 0 Å².